The van der Waals surface area contributed by atoms with Crippen LogP contribution < -0.4 is 0 Å². The molecule has 1 heterocycles. The van der Waals surface area contributed by atoms with E-state index in [-0.39, 0.29) is 11.5 Å². The van der Waals surface area contributed by atoms with Crippen LogP contribution in [0.5, 0.6) is 11.5 Å². The molecule has 0 fully saturated rings. The summed E-state index contributed by atoms with van der Waals surface area (Å²) in [5.41, 5.74) is 3.46. The highest BCUT2D eigenvalue weighted by Gasteiger charge is 2.03. The van der Waals surface area contributed by atoms with Crippen molar-refractivity contribution in [1.29, 1.82) is 0 Å². The van der Waals surface area contributed by atoms with Gasteiger partial charge in [0.25, 0.3) is 0 Å². The van der Waals surface area contributed by atoms with Crippen molar-refractivity contribution >= 4 is 17.9 Å². The Bertz CT molecular complexity index is 838. The van der Waals surface area contributed by atoms with Crippen LogP contribution in [0.1, 0.15) is 28.5 Å². The standard InChI is InChI=1S/C20H19NO3/c1-3-4-16(19-10-15(13-22)12-21-19)9-14(2)5-6-17-11-18(23)7-8-20(17)24/h3-13,21,23-24H,2H2,1H3/b4-3-,6-5+,16-9+. The van der Waals surface area contributed by atoms with Gasteiger partial charge in [-0.25, -0.2) is 0 Å². The summed E-state index contributed by atoms with van der Waals surface area (Å²) in [4.78, 5) is 13.9. The summed E-state index contributed by atoms with van der Waals surface area (Å²) in [6.45, 7) is 5.88. The maximum Gasteiger partial charge on any atom is 0.151 e. The summed E-state index contributed by atoms with van der Waals surface area (Å²) < 4.78 is 0. The molecule has 1 aromatic heterocycles. The number of hydrogen-bond acceptors (Lipinski definition) is 3. The summed E-state index contributed by atoms with van der Waals surface area (Å²) in [5, 5.41) is 19.2. The Morgan fingerprint density at radius 1 is 1.21 bits per heavy atom. The summed E-state index contributed by atoms with van der Waals surface area (Å²) in [5.74, 6) is 0.158. The number of aromatic amines is 1. The van der Waals surface area contributed by atoms with E-state index in [4.69, 9.17) is 0 Å². The van der Waals surface area contributed by atoms with Crippen molar-refractivity contribution in [3.63, 3.8) is 0 Å². The molecule has 4 heteroatoms. The SMILES string of the molecule is C=C(/C=C/c1cc(O)ccc1O)/C=C(\C=C/C)c1cc(C=O)c[nH]1. The average Bonchev–Trinajstić information content (AvgIpc) is 3.04. The van der Waals surface area contributed by atoms with Crippen molar-refractivity contribution < 1.29 is 15.0 Å². The summed E-state index contributed by atoms with van der Waals surface area (Å²) in [6, 6.07) is 6.08. The molecule has 0 unspecified atom stereocenters. The number of phenols is 2. The van der Waals surface area contributed by atoms with Crippen LogP contribution >= 0.6 is 0 Å². The van der Waals surface area contributed by atoms with Crippen LogP contribution in [-0.2, 0) is 0 Å². The Hall–Kier alpha value is -3.27. The Morgan fingerprint density at radius 2 is 2.00 bits per heavy atom. The van der Waals surface area contributed by atoms with Crippen LogP contribution in [0.25, 0.3) is 11.6 Å². The van der Waals surface area contributed by atoms with Gasteiger partial charge >= 0.3 is 0 Å². The third-order valence-electron chi connectivity index (χ3n) is 3.33. The van der Waals surface area contributed by atoms with Crippen molar-refractivity contribution in [2.45, 2.75) is 6.92 Å². The number of carbonyl (C=O) groups excluding carboxylic acids is 1. The van der Waals surface area contributed by atoms with E-state index in [1.165, 1.54) is 18.2 Å². The molecule has 0 radical (unpaired) electrons. The normalized spacial score (nSPS) is 12.1. The minimum absolute atomic E-state index is 0.0782. The molecule has 122 valence electrons. The predicted molar refractivity (Wildman–Crippen MR) is 96.9 cm³/mol. The Kier molecular flexibility index (Phi) is 5.58. The summed E-state index contributed by atoms with van der Waals surface area (Å²) in [7, 11) is 0. The minimum Gasteiger partial charge on any atom is -0.508 e. The monoisotopic (exact) mass is 321 g/mol. The fraction of sp³-hybridized carbons (Fsp3) is 0.0500. The van der Waals surface area contributed by atoms with Crippen LogP contribution in [0.15, 0.2) is 66.9 Å². The second kappa shape index (κ2) is 7.83. The van der Waals surface area contributed by atoms with Gasteiger partial charge in [-0.15, -0.1) is 0 Å². The number of aldehydes is 1. The molecule has 0 spiro atoms. The second-order valence-corrected chi connectivity index (χ2v) is 5.22. The zero-order chi connectivity index (χ0) is 17.5. The van der Waals surface area contributed by atoms with Gasteiger partial charge in [0, 0.05) is 23.0 Å². The van der Waals surface area contributed by atoms with Crippen LogP contribution in [0, 0.1) is 0 Å². The lowest BCUT2D eigenvalue weighted by atomic mass is 10.1. The number of rotatable bonds is 6. The molecule has 2 rings (SSSR count). The van der Waals surface area contributed by atoms with Gasteiger partial charge in [-0.3, -0.25) is 4.79 Å². The van der Waals surface area contributed by atoms with E-state index in [0.717, 1.165) is 17.6 Å². The van der Waals surface area contributed by atoms with E-state index in [2.05, 4.69) is 11.6 Å². The number of hydrogen-bond donors (Lipinski definition) is 3. The fourth-order valence-corrected chi connectivity index (χ4v) is 2.16. The average molecular weight is 321 g/mol. The smallest absolute Gasteiger partial charge is 0.151 e. The maximum absolute atomic E-state index is 10.8. The zero-order valence-electron chi connectivity index (χ0n) is 13.4. The number of H-pyrrole nitrogens is 1. The second-order valence-electron chi connectivity index (χ2n) is 5.22. The number of allylic oxidation sites excluding steroid dienone is 6. The van der Waals surface area contributed by atoms with Gasteiger partial charge in [-0.2, -0.15) is 0 Å². The lowest BCUT2D eigenvalue weighted by Gasteiger charge is -2.02. The first-order chi connectivity index (χ1) is 11.5. The predicted octanol–water partition coefficient (Wildman–Crippen LogP) is 4.47. The lowest BCUT2D eigenvalue weighted by molar-refractivity contribution is 0.112. The maximum atomic E-state index is 10.8. The molecule has 1 aromatic carbocycles. The quantitative estimate of drug-likeness (QED) is 0.417. The van der Waals surface area contributed by atoms with Gasteiger partial charge in [-0.05, 0) is 48.4 Å². The Balaban J connectivity index is 2.25. The third kappa shape index (κ3) is 4.36. The summed E-state index contributed by atoms with van der Waals surface area (Å²) in [6.07, 6.45) is 11.5. The van der Waals surface area contributed by atoms with Crippen molar-refractivity contribution in [1.82, 2.24) is 4.98 Å². The highest BCUT2D eigenvalue weighted by Crippen LogP contribution is 2.24. The first-order valence-electron chi connectivity index (χ1n) is 7.41. The number of aromatic hydroxyl groups is 2. The molecule has 3 N–H and O–H groups in total. The molecule has 0 atom stereocenters. The molecule has 4 nitrogen and oxygen atoms in total. The van der Waals surface area contributed by atoms with Crippen LogP contribution in [-0.4, -0.2) is 21.5 Å². The van der Waals surface area contributed by atoms with Crippen molar-refractivity contribution in [3.8, 4) is 11.5 Å². The van der Waals surface area contributed by atoms with Gasteiger partial charge in [0.1, 0.15) is 11.5 Å². The molecule has 0 bridgehead atoms. The topological polar surface area (TPSA) is 73.3 Å². The van der Waals surface area contributed by atoms with E-state index in [1.807, 2.05) is 25.2 Å². The number of phenolic OH excluding ortho intramolecular Hbond substituents is 2. The lowest BCUT2D eigenvalue weighted by Crippen LogP contribution is -1.82. The van der Waals surface area contributed by atoms with Crippen molar-refractivity contribution in [3.05, 3.63) is 83.7 Å². The van der Waals surface area contributed by atoms with Crippen molar-refractivity contribution in [2.24, 2.45) is 0 Å². The molecule has 0 aliphatic carbocycles. The van der Waals surface area contributed by atoms with Gasteiger partial charge in [0.2, 0.25) is 0 Å². The zero-order valence-corrected chi connectivity index (χ0v) is 13.4. The molecule has 24 heavy (non-hydrogen) atoms. The molecule has 0 amide bonds. The van der Waals surface area contributed by atoms with E-state index in [0.29, 0.717) is 16.7 Å². The number of benzene rings is 1. The molecule has 0 aliphatic rings. The molecular formula is C20H19NO3. The van der Waals surface area contributed by atoms with Gasteiger partial charge in [0.05, 0.1) is 0 Å². The minimum atomic E-state index is 0.0782. The number of nitrogens with one attached hydrogen (secondary N) is 1. The van der Waals surface area contributed by atoms with Crippen LogP contribution in [0.4, 0.5) is 0 Å². The van der Waals surface area contributed by atoms with E-state index in [1.54, 1.807) is 24.4 Å². The first-order valence-corrected chi connectivity index (χ1v) is 7.41. The fourth-order valence-electron chi connectivity index (χ4n) is 2.16. The van der Waals surface area contributed by atoms with E-state index < -0.39 is 0 Å². The molecule has 2 aromatic rings. The Labute approximate surface area is 140 Å². The van der Waals surface area contributed by atoms with Gasteiger partial charge in [-0.1, -0.05) is 30.9 Å². The highest BCUT2D eigenvalue weighted by molar-refractivity contribution is 5.81. The van der Waals surface area contributed by atoms with Crippen LogP contribution in [0.2, 0.25) is 0 Å². The molecule has 0 saturated carbocycles. The largest absolute Gasteiger partial charge is 0.508 e. The first kappa shape index (κ1) is 17.1. The van der Waals surface area contributed by atoms with Gasteiger partial charge in [0.15, 0.2) is 6.29 Å². The number of aromatic nitrogens is 1. The van der Waals surface area contributed by atoms with E-state index in [9.17, 15) is 15.0 Å². The van der Waals surface area contributed by atoms with Crippen LogP contribution in [0.3, 0.4) is 0 Å². The molecule has 0 saturated heterocycles. The highest BCUT2D eigenvalue weighted by atomic mass is 16.3. The summed E-state index contributed by atoms with van der Waals surface area (Å²) >= 11 is 0. The van der Waals surface area contributed by atoms with E-state index >= 15 is 0 Å². The molecular weight excluding hydrogens is 302 g/mol. The van der Waals surface area contributed by atoms with Crippen molar-refractivity contribution in [2.75, 3.05) is 0 Å². The number of carbonyl (C=O) groups is 1. The van der Waals surface area contributed by atoms with Gasteiger partial charge < -0.3 is 15.2 Å². The molecule has 0 aliphatic heterocycles. The third-order valence-corrected chi connectivity index (χ3v) is 3.33. The Morgan fingerprint density at radius 3 is 2.67 bits per heavy atom.